The van der Waals surface area contributed by atoms with Crippen LogP contribution in [0.4, 0.5) is 0 Å². The molecule has 2 atom stereocenters. The number of nitrogens with zero attached hydrogens (tertiary/aromatic N) is 1. The first-order valence-corrected chi connectivity index (χ1v) is 25.8. The molecular weight excluding hydrogens is 787 g/mol. The lowest BCUT2D eigenvalue weighted by Gasteiger charge is -2.31. The minimum absolute atomic E-state index is 0.0551. The van der Waals surface area contributed by atoms with Crippen LogP contribution in [0.2, 0.25) is 0 Å². The first-order chi connectivity index (χ1) is 30.6. The average molecular weight is 885 g/mol. The third-order valence-electron chi connectivity index (χ3n) is 11.4. The van der Waals surface area contributed by atoms with Crippen LogP contribution in [0.15, 0.2) is 60.8 Å². The number of unbranched alkanes of at least 4 members (excludes halogenated alkanes) is 23. The number of carboxylic acids is 1. The zero-order valence-electron chi connectivity index (χ0n) is 41.5. The molecule has 0 aliphatic heterocycles. The molecule has 8 nitrogen and oxygen atoms in total. The summed E-state index contributed by atoms with van der Waals surface area (Å²) in [4.78, 5) is 37.2. The highest BCUT2D eigenvalue weighted by molar-refractivity contribution is 5.72. The van der Waals surface area contributed by atoms with Gasteiger partial charge in [-0.15, -0.1) is 0 Å². The number of aliphatic carboxylic acids is 1. The van der Waals surface area contributed by atoms with Crippen LogP contribution in [-0.2, 0) is 28.6 Å². The summed E-state index contributed by atoms with van der Waals surface area (Å²) in [6.07, 6.45) is 56.9. The van der Waals surface area contributed by atoms with Crippen molar-refractivity contribution in [1.82, 2.24) is 0 Å². The lowest BCUT2D eigenvalue weighted by molar-refractivity contribution is -0.887. The Kier molecular flexibility index (Phi) is 43.4. The number of quaternary nitrogens is 1. The minimum atomic E-state index is -0.876. The molecule has 0 spiro atoms. The third-order valence-corrected chi connectivity index (χ3v) is 11.4. The van der Waals surface area contributed by atoms with Gasteiger partial charge in [-0.25, -0.2) is 4.79 Å². The van der Waals surface area contributed by atoms with Gasteiger partial charge >= 0.3 is 17.9 Å². The Bertz CT molecular complexity index is 1210. The monoisotopic (exact) mass is 885 g/mol. The molecule has 0 aromatic rings. The molecule has 0 saturated carbocycles. The molecule has 0 radical (unpaired) electrons. The summed E-state index contributed by atoms with van der Waals surface area (Å²) in [5.74, 6) is -1.47. The van der Waals surface area contributed by atoms with Gasteiger partial charge in [-0.2, -0.15) is 0 Å². The van der Waals surface area contributed by atoms with Gasteiger partial charge in [0.05, 0.1) is 34.4 Å². The number of carbonyl (C=O) groups is 3. The van der Waals surface area contributed by atoms with Gasteiger partial charge in [0.1, 0.15) is 6.61 Å². The third kappa shape index (κ3) is 44.0. The van der Waals surface area contributed by atoms with Crippen molar-refractivity contribution in [2.75, 3.05) is 41.0 Å². The van der Waals surface area contributed by atoms with Crippen LogP contribution >= 0.6 is 0 Å². The molecule has 0 aliphatic carbocycles. The molecule has 0 aliphatic rings. The predicted molar refractivity (Wildman–Crippen MR) is 266 cm³/mol. The zero-order chi connectivity index (χ0) is 46.3. The van der Waals surface area contributed by atoms with Gasteiger partial charge in [-0.1, -0.05) is 190 Å². The van der Waals surface area contributed by atoms with Crippen LogP contribution in [0.3, 0.4) is 0 Å². The predicted octanol–water partition coefficient (Wildman–Crippen LogP) is 14.9. The highest BCUT2D eigenvalue weighted by atomic mass is 16.6. The van der Waals surface area contributed by atoms with Crippen LogP contribution < -0.4 is 0 Å². The van der Waals surface area contributed by atoms with Crippen LogP contribution in [0.5, 0.6) is 0 Å². The molecule has 63 heavy (non-hydrogen) atoms. The standard InChI is InChI=1S/C55H97NO7/c1-6-8-10-12-14-16-18-20-22-24-26-28-30-32-34-36-38-40-42-44-46-54(58)63-51(49-61-48-47-52(55(59)60)56(3,4)5)50-62-53(57)45-43-41-39-37-35-33-31-29-27-25-23-21-19-17-15-13-11-9-7-2/h8,10,14-17,19-22,51-52H,6-7,9,11-13,18,23-50H2,1-5H3/p+1/b10-8+,16-14+,17-15+,21-19+,22-20+. The van der Waals surface area contributed by atoms with Gasteiger partial charge in [0, 0.05) is 19.3 Å². The normalized spacial score (nSPS) is 13.3. The molecule has 0 rings (SSSR count). The van der Waals surface area contributed by atoms with E-state index in [9.17, 15) is 19.5 Å². The smallest absolute Gasteiger partial charge is 0.362 e. The summed E-state index contributed by atoms with van der Waals surface area (Å²) in [6, 6.07) is -0.618. The second-order valence-corrected chi connectivity index (χ2v) is 18.4. The van der Waals surface area contributed by atoms with E-state index >= 15 is 0 Å². The van der Waals surface area contributed by atoms with E-state index in [0.29, 0.717) is 19.3 Å². The number of hydrogen-bond donors (Lipinski definition) is 1. The van der Waals surface area contributed by atoms with Crippen molar-refractivity contribution >= 4 is 17.9 Å². The fourth-order valence-electron chi connectivity index (χ4n) is 7.45. The second kappa shape index (κ2) is 45.6. The Morgan fingerprint density at radius 1 is 0.508 bits per heavy atom. The fourth-order valence-corrected chi connectivity index (χ4v) is 7.45. The maximum absolute atomic E-state index is 12.8. The number of esters is 2. The molecule has 0 aromatic heterocycles. The van der Waals surface area contributed by atoms with Crippen molar-refractivity contribution in [3.8, 4) is 0 Å². The maximum Gasteiger partial charge on any atom is 0.362 e. The number of rotatable bonds is 46. The molecule has 2 unspecified atom stereocenters. The van der Waals surface area contributed by atoms with Crippen molar-refractivity contribution in [2.45, 2.75) is 231 Å². The van der Waals surface area contributed by atoms with Gasteiger partial charge < -0.3 is 23.8 Å². The average Bonchev–Trinajstić information content (AvgIpc) is 3.24. The van der Waals surface area contributed by atoms with Crippen LogP contribution in [0.25, 0.3) is 0 Å². The molecule has 0 bridgehead atoms. The van der Waals surface area contributed by atoms with Crippen LogP contribution in [0.1, 0.15) is 219 Å². The molecule has 0 saturated heterocycles. The fraction of sp³-hybridized carbons (Fsp3) is 0.764. The summed E-state index contributed by atoms with van der Waals surface area (Å²) in [5.41, 5.74) is 0. The van der Waals surface area contributed by atoms with Gasteiger partial charge in [-0.05, 0) is 70.6 Å². The Morgan fingerprint density at radius 3 is 1.41 bits per heavy atom. The summed E-state index contributed by atoms with van der Waals surface area (Å²) in [5, 5.41) is 9.66. The lowest BCUT2D eigenvalue weighted by Crippen LogP contribution is -2.50. The van der Waals surface area contributed by atoms with E-state index in [-0.39, 0.29) is 36.2 Å². The summed E-state index contributed by atoms with van der Waals surface area (Å²) >= 11 is 0. The largest absolute Gasteiger partial charge is 0.477 e. The lowest BCUT2D eigenvalue weighted by atomic mass is 10.0. The molecule has 364 valence electrons. The Morgan fingerprint density at radius 2 is 0.937 bits per heavy atom. The number of allylic oxidation sites excluding steroid dienone is 10. The van der Waals surface area contributed by atoms with E-state index in [1.807, 2.05) is 21.1 Å². The molecule has 8 heteroatoms. The second-order valence-electron chi connectivity index (χ2n) is 18.4. The maximum atomic E-state index is 12.8. The summed E-state index contributed by atoms with van der Waals surface area (Å²) < 4.78 is 17.4. The van der Waals surface area contributed by atoms with Gasteiger partial charge in [-0.3, -0.25) is 9.59 Å². The number of carboxylic acid groups (broad SMARTS) is 1. The topological polar surface area (TPSA) is 99.1 Å². The molecular formula is C55H98NO7+. The number of ether oxygens (including phenoxy) is 3. The number of carbonyl (C=O) groups excluding carboxylic acids is 2. The molecule has 0 aromatic carbocycles. The van der Waals surface area contributed by atoms with Gasteiger partial charge in [0.25, 0.3) is 0 Å². The van der Waals surface area contributed by atoms with Crippen molar-refractivity contribution in [3.05, 3.63) is 60.8 Å². The highest BCUT2D eigenvalue weighted by Gasteiger charge is 2.31. The first-order valence-electron chi connectivity index (χ1n) is 25.8. The van der Waals surface area contributed by atoms with Crippen molar-refractivity contribution < 1.29 is 38.2 Å². The molecule has 0 amide bonds. The summed E-state index contributed by atoms with van der Waals surface area (Å²) in [7, 11) is 5.53. The van der Waals surface area contributed by atoms with E-state index < -0.39 is 18.1 Å². The van der Waals surface area contributed by atoms with Crippen molar-refractivity contribution in [1.29, 1.82) is 0 Å². The van der Waals surface area contributed by atoms with Gasteiger partial charge in [0.2, 0.25) is 0 Å². The van der Waals surface area contributed by atoms with E-state index in [0.717, 1.165) is 57.8 Å². The highest BCUT2D eigenvalue weighted by Crippen LogP contribution is 2.15. The SMILES string of the molecule is CC/C=C/C/C=C/C/C=C/CCCCCCCCCCCCC(=O)OC(COCCC(C(=O)O)[N+](C)(C)C)COC(=O)CCCCCCCCCCCC/C=C/C=C/CCCCC. The first kappa shape index (κ1) is 60.0. The van der Waals surface area contributed by atoms with Gasteiger partial charge in [0.15, 0.2) is 12.1 Å². The van der Waals surface area contributed by atoms with Crippen molar-refractivity contribution in [2.24, 2.45) is 0 Å². The Hall–Kier alpha value is -2.97. The van der Waals surface area contributed by atoms with Crippen LogP contribution in [0, 0.1) is 0 Å². The molecule has 0 fully saturated rings. The molecule has 1 N–H and O–H groups in total. The van der Waals surface area contributed by atoms with Crippen molar-refractivity contribution in [3.63, 3.8) is 0 Å². The quantitative estimate of drug-likeness (QED) is 0.0214. The van der Waals surface area contributed by atoms with Crippen LogP contribution in [-0.4, -0.2) is 80.6 Å². The zero-order valence-corrected chi connectivity index (χ0v) is 41.5. The van der Waals surface area contributed by atoms with E-state index in [4.69, 9.17) is 14.2 Å². The summed E-state index contributed by atoms with van der Waals surface area (Å²) in [6.45, 7) is 4.61. The Balaban J connectivity index is 4.24. The van der Waals surface area contributed by atoms with E-state index in [1.165, 1.54) is 128 Å². The number of likely N-dealkylation sites (N-methyl/N-ethyl adjacent to an activating group) is 1. The Labute approximate surface area is 388 Å². The number of hydrogen-bond acceptors (Lipinski definition) is 6. The minimum Gasteiger partial charge on any atom is -0.477 e. The van der Waals surface area contributed by atoms with E-state index in [2.05, 4.69) is 74.6 Å². The molecule has 0 heterocycles. The van der Waals surface area contributed by atoms with E-state index in [1.54, 1.807) is 0 Å².